The topological polar surface area (TPSA) is 46.2 Å². The van der Waals surface area contributed by atoms with E-state index in [2.05, 4.69) is 11.6 Å². The zero-order valence-electron chi connectivity index (χ0n) is 12.6. The van der Waals surface area contributed by atoms with E-state index in [4.69, 9.17) is 11.6 Å². The van der Waals surface area contributed by atoms with Crippen molar-refractivity contribution >= 4 is 21.6 Å². The van der Waals surface area contributed by atoms with Crippen LogP contribution < -0.4 is 4.72 Å². The van der Waals surface area contributed by atoms with E-state index in [1.807, 2.05) is 12.1 Å². The van der Waals surface area contributed by atoms with Gasteiger partial charge in [-0.25, -0.2) is 13.1 Å². The van der Waals surface area contributed by atoms with E-state index >= 15 is 0 Å². The summed E-state index contributed by atoms with van der Waals surface area (Å²) in [5.74, 6) is 0.519. The second-order valence-electron chi connectivity index (χ2n) is 6.06. The highest BCUT2D eigenvalue weighted by Gasteiger charge is 2.34. The molecule has 0 unspecified atom stereocenters. The first-order valence-electron chi connectivity index (χ1n) is 7.66. The van der Waals surface area contributed by atoms with Crippen LogP contribution in [0.4, 0.5) is 0 Å². The number of hydrogen-bond acceptors (Lipinski definition) is 2. The van der Waals surface area contributed by atoms with Crippen LogP contribution in [-0.4, -0.2) is 20.8 Å². The Hall–Kier alpha value is -0.580. The number of halogens is 1. The summed E-state index contributed by atoms with van der Waals surface area (Å²) in [4.78, 5) is 0.338. The first kappa shape index (κ1) is 16.8. The van der Waals surface area contributed by atoms with Gasteiger partial charge < -0.3 is 0 Å². The van der Waals surface area contributed by atoms with Crippen molar-refractivity contribution in [1.29, 1.82) is 0 Å². The molecule has 21 heavy (non-hydrogen) atoms. The summed E-state index contributed by atoms with van der Waals surface area (Å²) in [6.07, 6.45) is 6.33. The largest absolute Gasteiger partial charge is 0.240 e. The number of sulfonamides is 1. The number of nitrogens with one attached hydrogen (secondary N) is 1. The molecular formula is C16H24ClNO2S. The molecule has 118 valence electrons. The molecule has 2 rings (SSSR count). The molecule has 0 heterocycles. The minimum absolute atomic E-state index is 0.0588. The van der Waals surface area contributed by atoms with Crippen molar-refractivity contribution in [2.24, 2.45) is 5.41 Å². The molecule has 0 bridgehead atoms. The van der Waals surface area contributed by atoms with Gasteiger partial charge in [0.15, 0.2) is 0 Å². The van der Waals surface area contributed by atoms with Crippen LogP contribution in [0.25, 0.3) is 0 Å². The van der Waals surface area contributed by atoms with Gasteiger partial charge >= 0.3 is 0 Å². The third-order valence-electron chi connectivity index (χ3n) is 4.36. The molecule has 1 saturated carbocycles. The van der Waals surface area contributed by atoms with Gasteiger partial charge in [-0.15, -0.1) is 11.6 Å². The summed E-state index contributed by atoms with van der Waals surface area (Å²) in [5, 5.41) is 0. The van der Waals surface area contributed by atoms with Crippen molar-refractivity contribution in [2.45, 2.75) is 50.3 Å². The summed E-state index contributed by atoms with van der Waals surface area (Å²) < 4.78 is 27.5. The summed E-state index contributed by atoms with van der Waals surface area (Å²) in [7, 11) is -3.44. The van der Waals surface area contributed by atoms with Crippen LogP contribution in [-0.2, 0) is 16.4 Å². The van der Waals surface area contributed by atoms with Gasteiger partial charge in [-0.1, -0.05) is 38.3 Å². The van der Waals surface area contributed by atoms with Gasteiger partial charge in [-0.3, -0.25) is 0 Å². The molecule has 1 aliphatic carbocycles. The Morgan fingerprint density at radius 3 is 2.33 bits per heavy atom. The van der Waals surface area contributed by atoms with Crippen LogP contribution >= 0.6 is 11.6 Å². The van der Waals surface area contributed by atoms with E-state index in [0.29, 0.717) is 17.3 Å². The molecule has 1 aromatic carbocycles. The van der Waals surface area contributed by atoms with Crippen molar-refractivity contribution in [1.82, 2.24) is 4.72 Å². The Kier molecular flexibility index (Phi) is 5.69. The average Bonchev–Trinajstić information content (AvgIpc) is 2.96. The minimum Gasteiger partial charge on any atom is -0.211 e. The first-order valence-corrected chi connectivity index (χ1v) is 9.68. The molecule has 3 nitrogen and oxygen atoms in total. The fraction of sp³-hybridized carbons (Fsp3) is 0.625. The van der Waals surface area contributed by atoms with E-state index in [-0.39, 0.29) is 5.41 Å². The molecule has 0 atom stereocenters. The zero-order chi connectivity index (χ0) is 15.3. The maximum Gasteiger partial charge on any atom is 0.240 e. The van der Waals surface area contributed by atoms with E-state index in [9.17, 15) is 8.42 Å². The first-order chi connectivity index (χ1) is 10.0. The molecule has 0 spiro atoms. The molecule has 0 amide bonds. The van der Waals surface area contributed by atoms with Crippen molar-refractivity contribution in [2.75, 3.05) is 12.4 Å². The number of benzene rings is 1. The highest BCUT2D eigenvalue weighted by molar-refractivity contribution is 7.89. The van der Waals surface area contributed by atoms with Crippen molar-refractivity contribution in [3.8, 4) is 0 Å². The van der Waals surface area contributed by atoms with E-state index in [1.165, 1.54) is 5.56 Å². The van der Waals surface area contributed by atoms with E-state index in [0.717, 1.165) is 38.5 Å². The molecule has 1 aliphatic rings. The van der Waals surface area contributed by atoms with E-state index < -0.39 is 10.0 Å². The average molecular weight is 330 g/mol. The Labute approximate surface area is 133 Å². The third-order valence-corrected chi connectivity index (χ3v) is 6.34. The maximum atomic E-state index is 12.4. The number of aryl methyl sites for hydroxylation is 1. The van der Waals surface area contributed by atoms with Gasteiger partial charge in [0.1, 0.15) is 0 Å². The molecule has 0 radical (unpaired) electrons. The molecule has 0 aromatic heterocycles. The van der Waals surface area contributed by atoms with Crippen LogP contribution in [0.1, 0.15) is 44.6 Å². The van der Waals surface area contributed by atoms with Crippen molar-refractivity contribution in [3.63, 3.8) is 0 Å². The van der Waals surface area contributed by atoms with Gasteiger partial charge in [0.2, 0.25) is 10.0 Å². The fourth-order valence-corrected chi connectivity index (χ4v) is 4.46. The molecule has 1 aromatic rings. The van der Waals surface area contributed by atoms with Crippen molar-refractivity contribution < 1.29 is 8.42 Å². The number of alkyl halides is 1. The lowest BCUT2D eigenvalue weighted by atomic mass is 9.89. The van der Waals surface area contributed by atoms with Gasteiger partial charge in [-0.2, -0.15) is 0 Å². The van der Waals surface area contributed by atoms with Gasteiger partial charge in [0.25, 0.3) is 0 Å². The molecule has 0 saturated heterocycles. The summed E-state index contributed by atoms with van der Waals surface area (Å²) in [6.45, 7) is 2.55. The number of rotatable bonds is 7. The highest BCUT2D eigenvalue weighted by Crippen LogP contribution is 2.38. The van der Waals surface area contributed by atoms with Gasteiger partial charge in [-0.05, 0) is 42.4 Å². The zero-order valence-corrected chi connectivity index (χ0v) is 14.1. The predicted octanol–water partition coefficient (Wildman–Crippen LogP) is 3.72. The quantitative estimate of drug-likeness (QED) is 0.775. The SMILES string of the molecule is CCCc1ccc(S(=O)(=O)NCC2(CCl)CCCC2)cc1. The Balaban J connectivity index is 2.04. The fourth-order valence-electron chi connectivity index (χ4n) is 2.94. The highest BCUT2D eigenvalue weighted by atomic mass is 35.5. The summed E-state index contributed by atoms with van der Waals surface area (Å²) in [5.41, 5.74) is 1.11. The summed E-state index contributed by atoms with van der Waals surface area (Å²) in [6, 6.07) is 7.17. The molecule has 0 aliphatic heterocycles. The van der Waals surface area contributed by atoms with Crippen LogP contribution in [0, 0.1) is 5.41 Å². The third kappa shape index (κ3) is 4.21. The second kappa shape index (κ2) is 7.12. The van der Waals surface area contributed by atoms with Crippen LogP contribution in [0.2, 0.25) is 0 Å². The smallest absolute Gasteiger partial charge is 0.211 e. The van der Waals surface area contributed by atoms with Crippen molar-refractivity contribution in [3.05, 3.63) is 29.8 Å². The Morgan fingerprint density at radius 2 is 1.81 bits per heavy atom. The monoisotopic (exact) mass is 329 g/mol. The predicted molar refractivity (Wildman–Crippen MR) is 87.2 cm³/mol. The lowest BCUT2D eigenvalue weighted by Crippen LogP contribution is -2.37. The number of hydrogen-bond donors (Lipinski definition) is 1. The molecular weight excluding hydrogens is 306 g/mol. The molecule has 5 heteroatoms. The van der Waals surface area contributed by atoms with Crippen LogP contribution in [0.3, 0.4) is 0 Å². The molecule has 1 N–H and O–H groups in total. The minimum atomic E-state index is -3.44. The van der Waals surface area contributed by atoms with Gasteiger partial charge in [0.05, 0.1) is 4.90 Å². The molecule has 1 fully saturated rings. The standard InChI is InChI=1S/C16H24ClNO2S/c1-2-5-14-6-8-15(9-7-14)21(19,20)18-13-16(12-17)10-3-4-11-16/h6-9,18H,2-5,10-13H2,1H3. The van der Waals surface area contributed by atoms with Gasteiger partial charge in [0, 0.05) is 12.4 Å². The lowest BCUT2D eigenvalue weighted by Gasteiger charge is -2.26. The normalized spacial score (nSPS) is 18.0. The van der Waals surface area contributed by atoms with Crippen LogP contribution in [0.5, 0.6) is 0 Å². The maximum absolute atomic E-state index is 12.4. The lowest BCUT2D eigenvalue weighted by molar-refractivity contribution is 0.342. The van der Waals surface area contributed by atoms with Crippen LogP contribution in [0.15, 0.2) is 29.2 Å². The Morgan fingerprint density at radius 1 is 1.19 bits per heavy atom. The second-order valence-corrected chi connectivity index (χ2v) is 8.09. The summed E-state index contributed by atoms with van der Waals surface area (Å²) >= 11 is 6.06. The Bertz CT molecular complexity index is 548. The van der Waals surface area contributed by atoms with E-state index in [1.54, 1.807) is 12.1 Å².